The lowest BCUT2D eigenvalue weighted by Gasteiger charge is -2.18. The first-order chi connectivity index (χ1) is 8.27. The maximum absolute atomic E-state index is 11.8. The maximum atomic E-state index is 11.8. The number of hydrogen-bond acceptors (Lipinski definition) is 3. The Labute approximate surface area is 112 Å². The van der Waals surface area contributed by atoms with E-state index in [0.29, 0.717) is 0 Å². The van der Waals surface area contributed by atoms with Crippen molar-refractivity contribution in [3.8, 4) is 0 Å². The predicted molar refractivity (Wildman–Crippen MR) is 66.5 cm³/mol. The SMILES string of the molecule is CC(CC(=O)c1ccc(Br)cc1)(C(=O)O)C(=O)O. The quantitative estimate of drug-likeness (QED) is 0.642. The van der Waals surface area contributed by atoms with E-state index in [-0.39, 0.29) is 5.56 Å². The molecule has 0 fully saturated rings. The molecule has 0 spiro atoms. The highest BCUT2D eigenvalue weighted by Crippen LogP contribution is 2.25. The number of aliphatic carboxylic acids is 2. The van der Waals surface area contributed by atoms with E-state index in [1.807, 2.05) is 0 Å². The Kier molecular flexibility index (Phi) is 4.24. The summed E-state index contributed by atoms with van der Waals surface area (Å²) in [5.74, 6) is -3.57. The second-order valence-electron chi connectivity index (χ2n) is 4.05. The second-order valence-corrected chi connectivity index (χ2v) is 4.96. The van der Waals surface area contributed by atoms with Crippen molar-refractivity contribution in [2.24, 2.45) is 5.41 Å². The number of benzene rings is 1. The molecule has 18 heavy (non-hydrogen) atoms. The molecule has 0 heterocycles. The average molecular weight is 315 g/mol. The molecule has 0 aliphatic heterocycles. The summed E-state index contributed by atoms with van der Waals surface area (Å²) in [7, 11) is 0. The van der Waals surface area contributed by atoms with Crippen molar-refractivity contribution in [3.05, 3.63) is 34.3 Å². The van der Waals surface area contributed by atoms with E-state index >= 15 is 0 Å². The average Bonchev–Trinajstić information content (AvgIpc) is 2.29. The molecule has 1 aromatic rings. The van der Waals surface area contributed by atoms with Crippen LogP contribution in [-0.2, 0) is 9.59 Å². The van der Waals surface area contributed by atoms with Gasteiger partial charge in [0, 0.05) is 16.5 Å². The van der Waals surface area contributed by atoms with E-state index in [4.69, 9.17) is 10.2 Å². The van der Waals surface area contributed by atoms with Crippen molar-refractivity contribution < 1.29 is 24.6 Å². The zero-order chi connectivity index (χ0) is 13.9. The molecule has 0 unspecified atom stereocenters. The van der Waals surface area contributed by atoms with Crippen molar-refractivity contribution in [3.63, 3.8) is 0 Å². The van der Waals surface area contributed by atoms with E-state index in [0.717, 1.165) is 11.4 Å². The van der Waals surface area contributed by atoms with Gasteiger partial charge in [0.05, 0.1) is 0 Å². The molecule has 0 aliphatic carbocycles. The van der Waals surface area contributed by atoms with Gasteiger partial charge in [0.15, 0.2) is 11.2 Å². The van der Waals surface area contributed by atoms with Gasteiger partial charge in [0.1, 0.15) is 0 Å². The molecule has 6 heteroatoms. The van der Waals surface area contributed by atoms with Gasteiger partial charge in [-0.2, -0.15) is 0 Å². The van der Waals surface area contributed by atoms with E-state index in [1.54, 1.807) is 12.1 Å². The topological polar surface area (TPSA) is 91.7 Å². The lowest BCUT2D eigenvalue weighted by atomic mass is 9.83. The first kappa shape index (κ1) is 14.4. The lowest BCUT2D eigenvalue weighted by molar-refractivity contribution is -0.163. The van der Waals surface area contributed by atoms with Gasteiger partial charge in [-0.1, -0.05) is 28.1 Å². The van der Waals surface area contributed by atoms with E-state index in [2.05, 4.69) is 15.9 Å². The highest BCUT2D eigenvalue weighted by atomic mass is 79.9. The van der Waals surface area contributed by atoms with Gasteiger partial charge in [0.25, 0.3) is 0 Å². The van der Waals surface area contributed by atoms with E-state index in [1.165, 1.54) is 12.1 Å². The molecule has 96 valence electrons. The monoisotopic (exact) mass is 314 g/mol. The van der Waals surface area contributed by atoms with Crippen molar-refractivity contribution in [2.75, 3.05) is 0 Å². The fourth-order valence-electron chi connectivity index (χ4n) is 1.30. The van der Waals surface area contributed by atoms with Crippen molar-refractivity contribution in [1.29, 1.82) is 0 Å². The van der Waals surface area contributed by atoms with E-state index in [9.17, 15) is 14.4 Å². The fraction of sp³-hybridized carbons (Fsp3) is 0.250. The van der Waals surface area contributed by atoms with Crippen LogP contribution in [0.15, 0.2) is 28.7 Å². The van der Waals surface area contributed by atoms with Gasteiger partial charge in [0.2, 0.25) is 0 Å². The minimum atomic E-state index is -2.11. The summed E-state index contributed by atoms with van der Waals surface area (Å²) >= 11 is 3.20. The molecule has 0 saturated heterocycles. The zero-order valence-corrected chi connectivity index (χ0v) is 11.1. The normalized spacial score (nSPS) is 11.0. The number of carbonyl (C=O) groups excluding carboxylic acids is 1. The fourth-order valence-corrected chi connectivity index (χ4v) is 1.57. The number of carbonyl (C=O) groups is 3. The van der Waals surface area contributed by atoms with Crippen LogP contribution in [0.4, 0.5) is 0 Å². The lowest BCUT2D eigenvalue weighted by Crippen LogP contribution is -2.38. The summed E-state index contributed by atoms with van der Waals surface area (Å²) < 4.78 is 0.776. The van der Waals surface area contributed by atoms with Gasteiger partial charge >= 0.3 is 11.9 Å². The largest absolute Gasteiger partial charge is 0.480 e. The van der Waals surface area contributed by atoms with Crippen LogP contribution in [0.1, 0.15) is 23.7 Å². The van der Waals surface area contributed by atoms with Crippen LogP contribution in [0.2, 0.25) is 0 Å². The van der Waals surface area contributed by atoms with Gasteiger partial charge in [-0.05, 0) is 19.1 Å². The van der Waals surface area contributed by atoms with Gasteiger partial charge in [-0.25, -0.2) is 0 Å². The number of carboxylic acid groups (broad SMARTS) is 2. The van der Waals surface area contributed by atoms with E-state index < -0.39 is 29.6 Å². The minimum Gasteiger partial charge on any atom is -0.480 e. The highest BCUT2D eigenvalue weighted by molar-refractivity contribution is 9.10. The van der Waals surface area contributed by atoms with Crippen LogP contribution in [0.3, 0.4) is 0 Å². The minimum absolute atomic E-state index is 0.284. The third kappa shape index (κ3) is 2.95. The molecule has 2 N–H and O–H groups in total. The third-order valence-electron chi connectivity index (χ3n) is 2.62. The Morgan fingerprint density at radius 2 is 1.56 bits per heavy atom. The summed E-state index contributed by atoms with van der Waals surface area (Å²) in [4.78, 5) is 33.7. The summed E-state index contributed by atoms with van der Waals surface area (Å²) in [6, 6.07) is 6.28. The Bertz CT molecular complexity index is 478. The summed E-state index contributed by atoms with van der Waals surface area (Å²) in [6.45, 7) is 1.02. The van der Waals surface area contributed by atoms with Crippen LogP contribution in [0.5, 0.6) is 0 Å². The van der Waals surface area contributed by atoms with Gasteiger partial charge < -0.3 is 10.2 Å². The van der Waals surface area contributed by atoms with Crippen LogP contribution in [0, 0.1) is 5.41 Å². The van der Waals surface area contributed by atoms with Gasteiger partial charge in [-0.3, -0.25) is 14.4 Å². The molecule has 1 rings (SSSR count). The van der Waals surface area contributed by atoms with Crippen molar-refractivity contribution in [2.45, 2.75) is 13.3 Å². The smallest absolute Gasteiger partial charge is 0.321 e. The predicted octanol–water partition coefficient (Wildman–Crippen LogP) is 2.20. The number of carboxylic acids is 2. The Morgan fingerprint density at radius 1 is 1.11 bits per heavy atom. The molecule has 0 radical (unpaired) electrons. The highest BCUT2D eigenvalue weighted by Gasteiger charge is 2.43. The molecule has 1 aromatic carbocycles. The molecule has 0 amide bonds. The molecular formula is C12H11BrO5. The number of ketones is 1. The Balaban J connectivity index is 2.96. The zero-order valence-electron chi connectivity index (χ0n) is 9.51. The van der Waals surface area contributed by atoms with Crippen LogP contribution in [-0.4, -0.2) is 27.9 Å². The van der Waals surface area contributed by atoms with Gasteiger partial charge in [-0.15, -0.1) is 0 Å². The molecule has 5 nitrogen and oxygen atoms in total. The number of halogens is 1. The molecule has 0 saturated carbocycles. The van der Waals surface area contributed by atoms with Crippen molar-refractivity contribution >= 4 is 33.7 Å². The first-order valence-electron chi connectivity index (χ1n) is 5.03. The van der Waals surface area contributed by atoms with Crippen LogP contribution in [0.25, 0.3) is 0 Å². The van der Waals surface area contributed by atoms with Crippen molar-refractivity contribution in [1.82, 2.24) is 0 Å². The summed E-state index contributed by atoms with van der Waals surface area (Å²) in [6.07, 6.45) is -0.584. The molecule has 0 aromatic heterocycles. The maximum Gasteiger partial charge on any atom is 0.321 e. The third-order valence-corrected chi connectivity index (χ3v) is 3.15. The Hall–Kier alpha value is -1.69. The molecule has 0 bridgehead atoms. The number of hydrogen-bond donors (Lipinski definition) is 2. The standard InChI is InChI=1S/C12H11BrO5/c1-12(10(15)16,11(17)18)6-9(14)7-2-4-8(13)5-3-7/h2-5H,6H2,1H3,(H,15,16)(H,17,18). The first-order valence-corrected chi connectivity index (χ1v) is 5.82. The summed E-state index contributed by atoms with van der Waals surface area (Å²) in [5, 5.41) is 17.8. The second kappa shape index (κ2) is 5.30. The van der Waals surface area contributed by atoms with Crippen LogP contribution >= 0.6 is 15.9 Å². The molecule has 0 aliphatic rings. The number of Topliss-reactive ketones (excluding diaryl/α,β-unsaturated/α-hetero) is 1. The molecular weight excluding hydrogens is 304 g/mol. The Morgan fingerprint density at radius 3 is 1.94 bits per heavy atom. The van der Waals surface area contributed by atoms with Crippen LogP contribution < -0.4 is 0 Å². The summed E-state index contributed by atoms with van der Waals surface area (Å²) in [5.41, 5.74) is -1.82. The molecule has 0 atom stereocenters. The number of rotatable bonds is 5.